The highest BCUT2D eigenvalue weighted by Gasteiger charge is 2.36. The summed E-state index contributed by atoms with van der Waals surface area (Å²) in [5, 5.41) is 4.15. The number of thiophene rings is 1. The average molecular weight is 291 g/mol. The monoisotopic (exact) mass is 291 g/mol. The highest BCUT2D eigenvalue weighted by molar-refractivity contribution is 7.15. The lowest BCUT2D eigenvalue weighted by Crippen LogP contribution is -2.41. The summed E-state index contributed by atoms with van der Waals surface area (Å²) < 4.78 is 5.43. The second kappa shape index (κ2) is 4.97. The second-order valence-corrected chi connectivity index (χ2v) is 7.37. The van der Waals surface area contributed by atoms with Gasteiger partial charge in [-0.2, -0.15) is 4.98 Å². The van der Waals surface area contributed by atoms with Crippen molar-refractivity contribution < 1.29 is 4.52 Å². The summed E-state index contributed by atoms with van der Waals surface area (Å²) in [5.74, 6) is 2.02. The van der Waals surface area contributed by atoms with Gasteiger partial charge in [0.25, 0.3) is 5.89 Å². The van der Waals surface area contributed by atoms with Gasteiger partial charge >= 0.3 is 0 Å². The van der Waals surface area contributed by atoms with Gasteiger partial charge in [0, 0.05) is 4.88 Å². The first-order valence-corrected chi connectivity index (χ1v) is 8.00. The van der Waals surface area contributed by atoms with Crippen molar-refractivity contribution in [2.45, 2.75) is 52.0 Å². The number of nitrogens with zero attached hydrogens (tertiary/aromatic N) is 2. The first-order valence-electron chi connectivity index (χ1n) is 7.18. The predicted octanol–water partition coefficient (Wildman–Crippen LogP) is 3.78. The molecule has 0 spiro atoms. The Hall–Kier alpha value is -1.20. The molecule has 0 atom stereocenters. The molecule has 3 rings (SSSR count). The SMILES string of the molecule is Cc1cc(-c2nc(C3(N)CCC(C)CC3)no2)sc1C. The summed E-state index contributed by atoms with van der Waals surface area (Å²) in [7, 11) is 0. The van der Waals surface area contributed by atoms with Gasteiger partial charge in [-0.25, -0.2) is 0 Å². The Labute approximate surface area is 123 Å². The minimum Gasteiger partial charge on any atom is -0.333 e. The first-order chi connectivity index (χ1) is 9.48. The molecule has 0 amide bonds. The van der Waals surface area contributed by atoms with Crippen molar-refractivity contribution in [3.63, 3.8) is 0 Å². The standard InChI is InChI=1S/C15H21N3OS/c1-9-4-6-15(16,7-5-9)14-17-13(19-18-14)12-8-10(2)11(3)20-12/h8-9H,4-7,16H2,1-3H3. The van der Waals surface area contributed by atoms with Crippen molar-refractivity contribution in [1.29, 1.82) is 0 Å². The van der Waals surface area contributed by atoms with E-state index >= 15 is 0 Å². The summed E-state index contributed by atoms with van der Waals surface area (Å²) in [6.07, 6.45) is 4.15. The molecule has 0 saturated heterocycles. The van der Waals surface area contributed by atoms with E-state index in [1.807, 2.05) is 0 Å². The lowest BCUT2D eigenvalue weighted by Gasteiger charge is -2.33. The zero-order valence-electron chi connectivity index (χ0n) is 12.3. The fourth-order valence-corrected chi connectivity index (χ4v) is 3.66. The zero-order valence-corrected chi connectivity index (χ0v) is 13.1. The molecule has 2 N–H and O–H groups in total. The van der Waals surface area contributed by atoms with E-state index < -0.39 is 5.54 Å². The van der Waals surface area contributed by atoms with Crippen LogP contribution in [-0.2, 0) is 5.54 Å². The van der Waals surface area contributed by atoms with Crippen LogP contribution in [0, 0.1) is 19.8 Å². The quantitative estimate of drug-likeness (QED) is 0.914. The number of nitrogens with two attached hydrogens (primary N) is 1. The minimum atomic E-state index is -0.407. The van der Waals surface area contributed by atoms with Crippen LogP contribution < -0.4 is 5.73 Å². The van der Waals surface area contributed by atoms with E-state index in [-0.39, 0.29) is 0 Å². The number of aromatic nitrogens is 2. The third kappa shape index (κ3) is 2.40. The molecule has 1 aliphatic rings. The Morgan fingerprint density at radius 2 is 2.05 bits per heavy atom. The molecule has 20 heavy (non-hydrogen) atoms. The Kier molecular flexibility index (Phi) is 3.42. The van der Waals surface area contributed by atoms with Crippen molar-refractivity contribution in [2.24, 2.45) is 11.7 Å². The summed E-state index contributed by atoms with van der Waals surface area (Å²) in [6.45, 7) is 6.48. The third-order valence-electron chi connectivity index (χ3n) is 4.41. The largest absolute Gasteiger partial charge is 0.333 e. The fraction of sp³-hybridized carbons (Fsp3) is 0.600. The molecule has 1 aliphatic carbocycles. The van der Waals surface area contributed by atoms with Gasteiger partial charge in [-0.05, 0) is 57.1 Å². The van der Waals surface area contributed by atoms with E-state index in [1.54, 1.807) is 11.3 Å². The lowest BCUT2D eigenvalue weighted by molar-refractivity contribution is 0.230. The van der Waals surface area contributed by atoms with Crippen LogP contribution in [0.1, 0.15) is 48.9 Å². The van der Waals surface area contributed by atoms with Crippen LogP contribution in [0.3, 0.4) is 0 Å². The van der Waals surface area contributed by atoms with Crippen LogP contribution in [0.25, 0.3) is 10.8 Å². The van der Waals surface area contributed by atoms with E-state index in [9.17, 15) is 0 Å². The maximum atomic E-state index is 6.49. The Morgan fingerprint density at radius 3 is 2.65 bits per heavy atom. The summed E-state index contributed by atoms with van der Waals surface area (Å²) in [4.78, 5) is 6.88. The van der Waals surface area contributed by atoms with Crippen molar-refractivity contribution >= 4 is 11.3 Å². The molecule has 4 nitrogen and oxygen atoms in total. The van der Waals surface area contributed by atoms with Gasteiger partial charge in [0.2, 0.25) is 0 Å². The van der Waals surface area contributed by atoms with Gasteiger partial charge in [-0.1, -0.05) is 12.1 Å². The molecule has 2 aromatic heterocycles. The minimum absolute atomic E-state index is 0.407. The van der Waals surface area contributed by atoms with Crippen LogP contribution in [0.5, 0.6) is 0 Å². The predicted molar refractivity (Wildman–Crippen MR) is 80.6 cm³/mol. The highest BCUT2D eigenvalue weighted by atomic mass is 32.1. The molecule has 2 aromatic rings. The number of hydrogen-bond donors (Lipinski definition) is 1. The van der Waals surface area contributed by atoms with E-state index in [0.29, 0.717) is 11.7 Å². The Morgan fingerprint density at radius 1 is 1.35 bits per heavy atom. The molecule has 0 unspecified atom stereocenters. The van der Waals surface area contributed by atoms with Gasteiger partial charge in [-0.3, -0.25) is 0 Å². The number of aryl methyl sites for hydroxylation is 2. The summed E-state index contributed by atoms with van der Waals surface area (Å²) in [6, 6.07) is 2.10. The topological polar surface area (TPSA) is 64.9 Å². The van der Waals surface area contributed by atoms with E-state index in [1.165, 1.54) is 10.4 Å². The Bertz CT molecular complexity index is 589. The fourth-order valence-electron chi connectivity index (χ4n) is 2.71. The highest BCUT2D eigenvalue weighted by Crippen LogP contribution is 2.37. The molecule has 0 aromatic carbocycles. The van der Waals surface area contributed by atoms with Crippen LogP contribution in [0.2, 0.25) is 0 Å². The van der Waals surface area contributed by atoms with Gasteiger partial charge in [-0.15, -0.1) is 11.3 Å². The molecule has 2 heterocycles. The van der Waals surface area contributed by atoms with Crippen molar-refractivity contribution in [3.05, 3.63) is 22.3 Å². The lowest BCUT2D eigenvalue weighted by atomic mass is 9.77. The molecule has 5 heteroatoms. The van der Waals surface area contributed by atoms with Gasteiger partial charge in [0.15, 0.2) is 5.82 Å². The smallest absolute Gasteiger partial charge is 0.268 e. The van der Waals surface area contributed by atoms with E-state index in [0.717, 1.165) is 36.5 Å². The maximum Gasteiger partial charge on any atom is 0.268 e. The molecule has 0 radical (unpaired) electrons. The normalized spacial score (nSPS) is 26.9. The van der Waals surface area contributed by atoms with Gasteiger partial charge < -0.3 is 10.3 Å². The van der Waals surface area contributed by atoms with Gasteiger partial charge in [0.05, 0.1) is 10.4 Å². The first kappa shape index (κ1) is 13.8. The summed E-state index contributed by atoms with van der Waals surface area (Å²) >= 11 is 1.69. The molecule has 1 fully saturated rings. The summed E-state index contributed by atoms with van der Waals surface area (Å²) in [5.41, 5.74) is 7.34. The number of hydrogen-bond acceptors (Lipinski definition) is 5. The zero-order chi connectivity index (χ0) is 14.3. The molecule has 0 aliphatic heterocycles. The molecular weight excluding hydrogens is 270 g/mol. The molecular formula is C15H21N3OS. The van der Waals surface area contributed by atoms with Crippen molar-refractivity contribution in [2.75, 3.05) is 0 Å². The second-order valence-electron chi connectivity index (χ2n) is 6.11. The number of rotatable bonds is 2. The van der Waals surface area contributed by atoms with Crippen LogP contribution >= 0.6 is 11.3 Å². The van der Waals surface area contributed by atoms with Crippen molar-refractivity contribution in [3.8, 4) is 10.8 Å². The average Bonchev–Trinajstić information content (AvgIpc) is 3.02. The van der Waals surface area contributed by atoms with Crippen LogP contribution in [-0.4, -0.2) is 10.1 Å². The van der Waals surface area contributed by atoms with Crippen molar-refractivity contribution in [1.82, 2.24) is 10.1 Å². The molecule has 0 bridgehead atoms. The molecule has 1 saturated carbocycles. The van der Waals surface area contributed by atoms with E-state index in [4.69, 9.17) is 10.3 Å². The van der Waals surface area contributed by atoms with E-state index in [2.05, 4.69) is 37.0 Å². The Balaban J connectivity index is 1.86. The van der Waals surface area contributed by atoms with Gasteiger partial charge in [0.1, 0.15) is 0 Å². The third-order valence-corrected chi connectivity index (χ3v) is 5.56. The maximum absolute atomic E-state index is 6.49. The molecule has 108 valence electrons. The van der Waals surface area contributed by atoms with Crippen LogP contribution in [0.4, 0.5) is 0 Å². The van der Waals surface area contributed by atoms with Crippen LogP contribution in [0.15, 0.2) is 10.6 Å².